The van der Waals surface area contributed by atoms with Gasteiger partial charge in [-0.25, -0.2) is 8.42 Å². The maximum Gasteiger partial charge on any atom is 0.307 e. The monoisotopic (exact) mass is 395 g/mol. The number of allylic oxidation sites excluding steroid dienone is 2. The first-order valence-electron chi connectivity index (χ1n) is 9.20. The van der Waals surface area contributed by atoms with E-state index >= 15 is 0 Å². The summed E-state index contributed by atoms with van der Waals surface area (Å²) in [4.78, 5) is 11.3. The lowest BCUT2D eigenvalue weighted by molar-refractivity contribution is -0.135. The first-order chi connectivity index (χ1) is 13.3. The third-order valence-corrected chi connectivity index (χ3v) is 6.68. The van der Waals surface area contributed by atoms with Gasteiger partial charge in [0.25, 0.3) is 10.0 Å². The topological polar surface area (TPSA) is 83.5 Å². The molecule has 144 valence electrons. The van der Waals surface area contributed by atoms with Crippen LogP contribution in [0.15, 0.2) is 52.9 Å². The molecule has 0 heterocycles. The van der Waals surface area contributed by atoms with Crippen LogP contribution in [0.5, 0.6) is 0 Å². The molecule has 0 amide bonds. The fourth-order valence-electron chi connectivity index (χ4n) is 3.94. The van der Waals surface area contributed by atoms with Gasteiger partial charge >= 0.3 is 5.97 Å². The highest BCUT2D eigenvalue weighted by atomic mass is 32.2. The van der Waals surface area contributed by atoms with Crippen LogP contribution in [-0.2, 0) is 27.7 Å². The summed E-state index contributed by atoms with van der Waals surface area (Å²) in [5.74, 6) is -0.920. The Morgan fingerprint density at radius 2 is 2.00 bits per heavy atom. The largest absolute Gasteiger partial charge is 0.481 e. The number of carboxylic acids is 1. The van der Waals surface area contributed by atoms with Crippen LogP contribution in [-0.4, -0.2) is 19.5 Å². The van der Waals surface area contributed by atoms with Crippen molar-refractivity contribution in [3.63, 3.8) is 0 Å². The van der Waals surface area contributed by atoms with Crippen LogP contribution in [0.1, 0.15) is 42.0 Å². The molecule has 5 nitrogen and oxygen atoms in total. The van der Waals surface area contributed by atoms with Gasteiger partial charge in [0.1, 0.15) is 0 Å². The normalized spacial score (nSPS) is 15.3. The van der Waals surface area contributed by atoms with Gasteiger partial charge in [0.05, 0.1) is 17.0 Å². The van der Waals surface area contributed by atoms with Gasteiger partial charge < -0.3 is 5.11 Å². The van der Waals surface area contributed by atoms with Crippen LogP contribution in [0.25, 0.3) is 11.6 Å². The molecule has 6 heteroatoms. The third kappa shape index (κ3) is 3.36. The molecule has 0 unspecified atom stereocenters. The summed E-state index contributed by atoms with van der Waals surface area (Å²) in [6, 6.07) is 10.6. The average Bonchev–Trinajstić information content (AvgIpc) is 2.96. The van der Waals surface area contributed by atoms with E-state index in [1.54, 1.807) is 24.3 Å². The molecule has 0 bridgehead atoms. The summed E-state index contributed by atoms with van der Waals surface area (Å²) in [6.07, 6.45) is 6.39. The van der Waals surface area contributed by atoms with E-state index in [0.29, 0.717) is 17.7 Å². The third-order valence-electron chi connectivity index (χ3n) is 5.32. The standard InChI is InChI=1S/C22H21NO4S/c1-14-11-16-9-10-17(12-20(16)19(14)13-22(24)25)28(26,27)23-21-8-4-6-15-5-2-3-7-18(15)21/h3-4,6-10,12,23H,2,5,11,13H2,1H3,(H,24,25). The first kappa shape index (κ1) is 18.5. The highest BCUT2D eigenvalue weighted by molar-refractivity contribution is 7.92. The van der Waals surface area contributed by atoms with E-state index in [9.17, 15) is 18.3 Å². The van der Waals surface area contributed by atoms with Crippen LogP contribution < -0.4 is 4.72 Å². The van der Waals surface area contributed by atoms with Gasteiger partial charge in [-0.3, -0.25) is 9.52 Å². The van der Waals surface area contributed by atoms with Crippen molar-refractivity contribution >= 4 is 33.3 Å². The Bertz CT molecular complexity index is 1140. The molecule has 0 aromatic heterocycles. The Hall–Kier alpha value is -2.86. The van der Waals surface area contributed by atoms with Crippen LogP contribution in [0.3, 0.4) is 0 Å². The zero-order valence-electron chi connectivity index (χ0n) is 15.5. The maximum absolute atomic E-state index is 13.0. The molecule has 2 aliphatic rings. The maximum atomic E-state index is 13.0. The van der Waals surface area contributed by atoms with Gasteiger partial charge in [-0.1, -0.05) is 35.9 Å². The van der Waals surface area contributed by atoms with Gasteiger partial charge in [0, 0.05) is 5.56 Å². The van der Waals surface area contributed by atoms with Crippen molar-refractivity contribution in [1.29, 1.82) is 0 Å². The van der Waals surface area contributed by atoms with Crippen LogP contribution in [0.4, 0.5) is 5.69 Å². The molecule has 0 fully saturated rings. The summed E-state index contributed by atoms with van der Waals surface area (Å²) in [5.41, 5.74) is 5.96. The van der Waals surface area contributed by atoms with Crippen LogP contribution in [0, 0.1) is 0 Å². The second kappa shape index (κ2) is 6.95. The summed E-state index contributed by atoms with van der Waals surface area (Å²) in [7, 11) is -3.79. The second-order valence-electron chi connectivity index (χ2n) is 7.25. The molecule has 0 aliphatic heterocycles. The van der Waals surface area contributed by atoms with Gasteiger partial charge in [-0.15, -0.1) is 0 Å². The quantitative estimate of drug-likeness (QED) is 0.793. The first-order valence-corrected chi connectivity index (χ1v) is 10.7. The van der Waals surface area contributed by atoms with E-state index in [0.717, 1.165) is 40.7 Å². The number of rotatable bonds is 5. The minimum absolute atomic E-state index is 0.104. The van der Waals surface area contributed by atoms with E-state index < -0.39 is 16.0 Å². The Morgan fingerprint density at radius 3 is 2.79 bits per heavy atom. The number of benzene rings is 2. The number of nitrogens with one attached hydrogen (secondary N) is 1. The van der Waals surface area contributed by atoms with E-state index in [2.05, 4.69) is 4.72 Å². The molecule has 0 atom stereocenters. The molecule has 28 heavy (non-hydrogen) atoms. The number of fused-ring (bicyclic) bond motifs is 2. The fourth-order valence-corrected chi connectivity index (χ4v) is 5.04. The number of sulfonamides is 1. The van der Waals surface area contributed by atoms with Crippen LogP contribution in [0.2, 0.25) is 0 Å². The number of carbonyl (C=O) groups is 1. The van der Waals surface area contributed by atoms with Crippen molar-refractivity contribution in [1.82, 2.24) is 0 Å². The molecule has 4 rings (SSSR count). The second-order valence-corrected chi connectivity index (χ2v) is 8.93. The molecule has 0 radical (unpaired) electrons. The predicted octanol–water partition coefficient (Wildman–Crippen LogP) is 4.25. The van der Waals surface area contributed by atoms with E-state index in [1.807, 2.05) is 31.2 Å². The number of aryl methyl sites for hydroxylation is 1. The van der Waals surface area contributed by atoms with Crippen molar-refractivity contribution in [2.24, 2.45) is 0 Å². The smallest absolute Gasteiger partial charge is 0.307 e. The summed E-state index contributed by atoms with van der Waals surface area (Å²) < 4.78 is 28.8. The SMILES string of the molecule is CC1=C(CC(=O)O)c2cc(S(=O)(=O)Nc3cccc4c3C=CCC4)ccc2C1. The number of hydrogen-bond acceptors (Lipinski definition) is 3. The molecule has 2 N–H and O–H groups in total. The fraction of sp³-hybridized carbons (Fsp3) is 0.227. The number of aliphatic carboxylic acids is 1. The molecule has 0 spiro atoms. The van der Waals surface area contributed by atoms with E-state index in [-0.39, 0.29) is 11.3 Å². The van der Waals surface area contributed by atoms with Gasteiger partial charge in [0.15, 0.2) is 0 Å². The molecule has 2 aliphatic carbocycles. The van der Waals surface area contributed by atoms with Crippen molar-refractivity contribution in [2.75, 3.05) is 4.72 Å². The van der Waals surface area contributed by atoms with Crippen molar-refractivity contribution < 1.29 is 18.3 Å². The lowest BCUT2D eigenvalue weighted by Crippen LogP contribution is -2.15. The molecule has 2 aromatic rings. The molecular formula is C22H21NO4S. The van der Waals surface area contributed by atoms with Crippen molar-refractivity contribution in [3.8, 4) is 0 Å². The predicted molar refractivity (Wildman–Crippen MR) is 110 cm³/mol. The average molecular weight is 395 g/mol. The lowest BCUT2D eigenvalue weighted by atomic mass is 9.96. The Labute approximate surface area is 164 Å². The molecule has 0 saturated carbocycles. The highest BCUT2D eigenvalue weighted by Crippen LogP contribution is 2.37. The minimum atomic E-state index is -3.79. The van der Waals surface area contributed by atoms with Gasteiger partial charge in [-0.05, 0) is 66.6 Å². The minimum Gasteiger partial charge on any atom is -0.481 e. The molecule has 0 saturated heterocycles. The Balaban J connectivity index is 1.70. The Kier molecular flexibility index (Phi) is 4.59. The zero-order chi connectivity index (χ0) is 19.9. The van der Waals surface area contributed by atoms with E-state index in [4.69, 9.17) is 0 Å². The molecule has 2 aromatic carbocycles. The van der Waals surface area contributed by atoms with Crippen LogP contribution >= 0.6 is 0 Å². The summed E-state index contributed by atoms with van der Waals surface area (Å²) in [6.45, 7) is 1.90. The highest BCUT2D eigenvalue weighted by Gasteiger charge is 2.24. The lowest BCUT2D eigenvalue weighted by Gasteiger charge is -2.17. The van der Waals surface area contributed by atoms with E-state index in [1.165, 1.54) is 0 Å². The Morgan fingerprint density at radius 1 is 1.18 bits per heavy atom. The number of hydrogen-bond donors (Lipinski definition) is 2. The van der Waals surface area contributed by atoms with Gasteiger partial charge in [-0.2, -0.15) is 0 Å². The zero-order valence-corrected chi connectivity index (χ0v) is 16.3. The number of carboxylic acid groups (broad SMARTS) is 1. The van der Waals surface area contributed by atoms with Crippen molar-refractivity contribution in [3.05, 3.63) is 70.3 Å². The van der Waals surface area contributed by atoms with Crippen molar-refractivity contribution in [2.45, 2.75) is 37.5 Å². The number of anilines is 1. The summed E-state index contributed by atoms with van der Waals surface area (Å²) >= 11 is 0. The summed E-state index contributed by atoms with van der Waals surface area (Å²) in [5, 5.41) is 9.18. The van der Waals surface area contributed by atoms with Gasteiger partial charge in [0.2, 0.25) is 0 Å². The molecular weight excluding hydrogens is 374 g/mol.